The van der Waals surface area contributed by atoms with Gasteiger partial charge in [-0.05, 0) is 122 Å². The van der Waals surface area contributed by atoms with Crippen LogP contribution in [-0.2, 0) is 4.74 Å². The van der Waals surface area contributed by atoms with Crippen LogP contribution in [0.1, 0.15) is 12.8 Å². The summed E-state index contributed by atoms with van der Waals surface area (Å²) in [6, 6.07) is 79.9. The number of halogens is 3. The van der Waals surface area contributed by atoms with Crippen molar-refractivity contribution in [2.45, 2.75) is 12.8 Å². The molecule has 80 heavy (non-hydrogen) atoms. The molecule has 2 N–H and O–H groups in total. The van der Waals surface area contributed by atoms with Crippen molar-refractivity contribution < 1.29 is 14.8 Å². The van der Waals surface area contributed by atoms with E-state index in [1.165, 1.54) is 34.7 Å². The lowest BCUT2D eigenvalue weighted by Gasteiger charge is -2.10. The summed E-state index contributed by atoms with van der Waals surface area (Å²) < 4.78 is 4.94. The molecule has 0 amide bonds. The molecule has 3 heterocycles. The van der Waals surface area contributed by atoms with Crippen molar-refractivity contribution in [2.75, 3.05) is 13.2 Å². The second kappa shape index (κ2) is 27.5. The molecule has 9 nitrogen and oxygen atoms in total. The van der Waals surface area contributed by atoms with E-state index in [0.717, 1.165) is 62.9 Å². The van der Waals surface area contributed by atoms with Crippen LogP contribution >= 0.6 is 34.8 Å². The molecule has 389 valence electrons. The zero-order valence-corrected chi connectivity index (χ0v) is 45.5. The zero-order valence-electron chi connectivity index (χ0n) is 43.2. The molecule has 0 aliphatic carbocycles. The Bertz CT molecular complexity index is 3930. The van der Waals surface area contributed by atoms with E-state index in [4.69, 9.17) is 64.5 Å². The molecule has 1 aliphatic rings. The van der Waals surface area contributed by atoms with E-state index in [9.17, 15) is 0 Å². The topological polar surface area (TPSA) is 127 Å². The lowest BCUT2D eigenvalue weighted by molar-refractivity contribution is 0.198. The van der Waals surface area contributed by atoms with Crippen molar-refractivity contribution in [2.24, 2.45) is 0 Å². The standard InChI is InChI=1S/C31H20ClN3.C25H16ClN3.C6H6BClO2.C4H8O.B/c32-28-18-16-25(17-19-28)30-33-29(24-13-10-23(11-14-24)21-6-2-1-3-7-21)34-31(35-30)27-15-12-22-8-4-5-9-26(22)20-27;26-25-28-23(20-13-10-19(11-14-20)17-6-2-1-3-7-17)27-24(29-25)22-15-12-18-8-4-5-9-21(18)16-22;8-6-3-1-5(2-4-6)7(9)10;1-2-4-5-3-1;/h1-20H;1-16H;1-4,9-10H;1-4H2;. The highest BCUT2D eigenvalue weighted by Gasteiger charge is 2.15. The minimum Gasteiger partial charge on any atom is -0.423 e. The number of hydrogen-bond donors (Lipinski definition) is 2. The van der Waals surface area contributed by atoms with Crippen LogP contribution in [0.3, 0.4) is 0 Å². The van der Waals surface area contributed by atoms with Crippen LogP contribution in [-0.4, -0.2) is 68.7 Å². The van der Waals surface area contributed by atoms with Gasteiger partial charge < -0.3 is 14.8 Å². The highest BCUT2D eigenvalue weighted by atomic mass is 35.5. The number of fused-ring (bicyclic) bond motifs is 2. The van der Waals surface area contributed by atoms with Crippen molar-refractivity contribution >= 4 is 77.3 Å². The van der Waals surface area contributed by atoms with Gasteiger partial charge in [0.15, 0.2) is 29.1 Å². The van der Waals surface area contributed by atoms with Gasteiger partial charge in [-0.25, -0.2) is 19.9 Å². The van der Waals surface area contributed by atoms with Gasteiger partial charge in [-0.1, -0.05) is 217 Å². The molecule has 0 spiro atoms. The van der Waals surface area contributed by atoms with Gasteiger partial charge in [0.1, 0.15) is 0 Å². The summed E-state index contributed by atoms with van der Waals surface area (Å²) in [5.41, 5.74) is 9.67. The highest BCUT2D eigenvalue weighted by Crippen LogP contribution is 2.31. The number of nitrogens with zero attached hydrogens (tertiary/aromatic N) is 6. The Morgan fingerprint density at radius 2 is 0.613 bits per heavy atom. The first-order valence-electron chi connectivity index (χ1n) is 25.6. The summed E-state index contributed by atoms with van der Waals surface area (Å²) in [6.45, 7) is 2.00. The SMILES string of the molecule is C1CCOC1.Clc1ccc(-c2nc(-c3ccc(-c4ccccc4)cc3)nc(-c3ccc4ccccc4c3)n2)cc1.Clc1nc(-c2ccc(-c3ccccc3)cc2)nc(-c2ccc3ccccc3c2)n1.OB(O)c1ccc(Cl)cc1.[B]. The maximum atomic E-state index is 8.63. The monoisotopic (exact) mass is 1100 g/mol. The molecular weight excluding hydrogens is 1050 g/mol. The third-order valence-corrected chi connectivity index (χ3v) is 13.5. The van der Waals surface area contributed by atoms with E-state index in [-0.39, 0.29) is 13.7 Å². The van der Waals surface area contributed by atoms with Crippen LogP contribution in [0.5, 0.6) is 0 Å². The highest BCUT2D eigenvalue weighted by molar-refractivity contribution is 6.58. The van der Waals surface area contributed by atoms with Gasteiger partial charge in [-0.3, -0.25) is 0 Å². The molecular formula is C66H50B2Cl3N6O3. The average Bonchev–Trinajstić information content (AvgIpc) is 4.14. The molecule has 3 radical (unpaired) electrons. The van der Waals surface area contributed by atoms with Gasteiger partial charge in [-0.15, -0.1) is 0 Å². The molecule has 1 fully saturated rings. The minimum absolute atomic E-state index is 0. The fraction of sp³-hybridized carbons (Fsp3) is 0.0606. The van der Waals surface area contributed by atoms with Gasteiger partial charge in [0.2, 0.25) is 5.28 Å². The number of benzene rings is 10. The van der Waals surface area contributed by atoms with Crippen LogP contribution < -0.4 is 5.46 Å². The zero-order chi connectivity index (χ0) is 54.3. The lowest BCUT2D eigenvalue weighted by Crippen LogP contribution is -2.29. The maximum Gasteiger partial charge on any atom is 0.488 e. The third kappa shape index (κ3) is 14.8. The summed E-state index contributed by atoms with van der Waals surface area (Å²) >= 11 is 17.9. The first-order valence-corrected chi connectivity index (χ1v) is 26.8. The fourth-order valence-corrected chi connectivity index (χ4v) is 9.07. The summed E-state index contributed by atoms with van der Waals surface area (Å²) in [6.07, 6.45) is 2.56. The summed E-state index contributed by atoms with van der Waals surface area (Å²) in [5, 5.41) is 23.3. The van der Waals surface area contributed by atoms with E-state index in [0.29, 0.717) is 44.6 Å². The predicted octanol–water partition coefficient (Wildman–Crippen LogP) is 15.5. The average molecular weight is 1100 g/mol. The van der Waals surface area contributed by atoms with Crippen LogP contribution in [0.2, 0.25) is 15.3 Å². The lowest BCUT2D eigenvalue weighted by atomic mass is 9.81. The Morgan fingerprint density at radius 1 is 0.312 bits per heavy atom. The third-order valence-electron chi connectivity index (χ3n) is 12.9. The van der Waals surface area contributed by atoms with Crippen molar-refractivity contribution in [3.63, 3.8) is 0 Å². The molecule has 12 aromatic rings. The molecule has 0 atom stereocenters. The summed E-state index contributed by atoms with van der Waals surface area (Å²) in [4.78, 5) is 27.9. The smallest absolute Gasteiger partial charge is 0.423 e. The first-order chi connectivity index (χ1) is 38.7. The molecule has 13 rings (SSSR count). The number of aromatic nitrogens is 6. The molecule has 1 aliphatic heterocycles. The van der Waals surface area contributed by atoms with Gasteiger partial charge in [0.25, 0.3) is 0 Å². The normalized spacial score (nSPS) is 11.5. The molecule has 0 unspecified atom stereocenters. The van der Waals surface area contributed by atoms with Crippen LogP contribution in [0.15, 0.2) is 243 Å². The molecule has 14 heteroatoms. The Balaban J connectivity index is 0.000000154. The molecule has 1 saturated heterocycles. The Hall–Kier alpha value is -8.38. The van der Waals surface area contributed by atoms with Crippen molar-refractivity contribution in [3.8, 4) is 79.2 Å². The second-order valence-corrected chi connectivity index (χ2v) is 19.5. The van der Waals surface area contributed by atoms with Crippen LogP contribution in [0, 0.1) is 0 Å². The second-order valence-electron chi connectivity index (χ2n) is 18.3. The van der Waals surface area contributed by atoms with Crippen LogP contribution in [0.4, 0.5) is 0 Å². The van der Waals surface area contributed by atoms with Crippen molar-refractivity contribution in [3.05, 3.63) is 258 Å². The molecule has 2 aromatic heterocycles. The van der Waals surface area contributed by atoms with E-state index >= 15 is 0 Å². The van der Waals surface area contributed by atoms with Gasteiger partial charge in [0.05, 0.1) is 0 Å². The summed E-state index contributed by atoms with van der Waals surface area (Å²) in [7, 11) is -1.41. The fourth-order valence-electron chi connectivity index (χ4n) is 8.66. The van der Waals surface area contributed by atoms with E-state index < -0.39 is 7.12 Å². The molecule has 0 saturated carbocycles. The number of rotatable bonds is 8. The minimum atomic E-state index is -1.41. The quantitative estimate of drug-likeness (QED) is 0.143. The number of hydrogen-bond acceptors (Lipinski definition) is 9. The largest absolute Gasteiger partial charge is 0.488 e. The Labute approximate surface area is 482 Å². The van der Waals surface area contributed by atoms with E-state index in [1.807, 2.05) is 103 Å². The van der Waals surface area contributed by atoms with E-state index in [1.54, 1.807) is 24.3 Å². The molecule has 10 aromatic carbocycles. The van der Waals surface area contributed by atoms with Gasteiger partial charge >= 0.3 is 7.12 Å². The first kappa shape index (κ1) is 56.3. The van der Waals surface area contributed by atoms with Crippen molar-refractivity contribution in [1.82, 2.24) is 29.9 Å². The van der Waals surface area contributed by atoms with Crippen molar-refractivity contribution in [1.29, 1.82) is 0 Å². The van der Waals surface area contributed by atoms with Crippen LogP contribution in [0.25, 0.3) is 101 Å². The Kier molecular flexibility index (Phi) is 19.3. The van der Waals surface area contributed by atoms with Gasteiger partial charge in [-0.2, -0.15) is 9.97 Å². The Morgan fingerprint density at radius 3 is 1.00 bits per heavy atom. The predicted molar refractivity (Wildman–Crippen MR) is 330 cm³/mol. The van der Waals surface area contributed by atoms with E-state index in [2.05, 4.69) is 130 Å². The maximum absolute atomic E-state index is 8.63. The van der Waals surface area contributed by atoms with Gasteiger partial charge in [0, 0.05) is 59.5 Å². The summed E-state index contributed by atoms with van der Waals surface area (Å²) in [5.74, 6) is 3.01. The number of ether oxygens (including phenoxy) is 1. The molecule has 0 bridgehead atoms.